The van der Waals surface area contributed by atoms with E-state index in [2.05, 4.69) is 5.32 Å². The second kappa shape index (κ2) is 6.43. The third-order valence-corrected chi connectivity index (χ3v) is 3.12. The molecular weight excluding hydrogens is 244 g/mol. The highest BCUT2D eigenvalue weighted by molar-refractivity contribution is 5.96. The van der Waals surface area contributed by atoms with Crippen LogP contribution in [-0.4, -0.2) is 31.8 Å². The summed E-state index contributed by atoms with van der Waals surface area (Å²) in [5, 5.41) is 3.38. The molecule has 1 aromatic carbocycles. The van der Waals surface area contributed by atoms with Crippen LogP contribution < -0.4 is 11.1 Å². The smallest absolute Gasteiger partial charge is 0.340 e. The molecule has 3 N–H and O–H groups in total. The number of nitrogens with two attached hydrogens (primary N) is 1. The van der Waals surface area contributed by atoms with Crippen molar-refractivity contribution < 1.29 is 14.3 Å². The van der Waals surface area contributed by atoms with E-state index < -0.39 is 0 Å². The molecule has 0 radical (unpaired) electrons. The molecule has 1 aliphatic rings. The Balaban J connectivity index is 2.15. The first-order valence-corrected chi connectivity index (χ1v) is 6.61. The van der Waals surface area contributed by atoms with Gasteiger partial charge in [0.15, 0.2) is 0 Å². The van der Waals surface area contributed by atoms with Gasteiger partial charge in [0.1, 0.15) is 0 Å². The lowest BCUT2D eigenvalue weighted by Crippen LogP contribution is -2.28. The van der Waals surface area contributed by atoms with Crippen molar-refractivity contribution in [2.45, 2.75) is 25.8 Å². The standard InChI is InChI=1S/C14H20N2O3/c1-2-19-14(17)12-9-10(15)3-4-13(12)16-11-5-7-18-8-6-11/h3-4,9,11,16H,2,5-8,15H2,1H3. The van der Waals surface area contributed by atoms with Crippen molar-refractivity contribution in [2.24, 2.45) is 0 Å². The summed E-state index contributed by atoms with van der Waals surface area (Å²) >= 11 is 0. The molecule has 0 amide bonds. The van der Waals surface area contributed by atoms with E-state index in [0.29, 0.717) is 23.9 Å². The maximum absolute atomic E-state index is 11.9. The molecule has 1 heterocycles. The van der Waals surface area contributed by atoms with Gasteiger partial charge in [0.25, 0.3) is 0 Å². The number of hydrogen-bond acceptors (Lipinski definition) is 5. The predicted octanol–water partition coefficient (Wildman–Crippen LogP) is 2.04. The zero-order valence-electron chi connectivity index (χ0n) is 11.1. The van der Waals surface area contributed by atoms with Crippen molar-refractivity contribution in [1.29, 1.82) is 0 Å². The second-order valence-corrected chi connectivity index (χ2v) is 4.56. The van der Waals surface area contributed by atoms with Crippen LogP contribution in [0.25, 0.3) is 0 Å². The number of rotatable bonds is 4. The van der Waals surface area contributed by atoms with Gasteiger partial charge in [-0.3, -0.25) is 0 Å². The number of esters is 1. The molecule has 2 rings (SSSR count). The fourth-order valence-electron chi connectivity index (χ4n) is 2.13. The number of carbonyl (C=O) groups excluding carboxylic acids is 1. The normalized spacial score (nSPS) is 16.1. The maximum Gasteiger partial charge on any atom is 0.340 e. The Morgan fingerprint density at radius 1 is 1.47 bits per heavy atom. The molecule has 0 atom stereocenters. The molecule has 0 aliphatic carbocycles. The second-order valence-electron chi connectivity index (χ2n) is 4.56. The van der Waals surface area contributed by atoms with Gasteiger partial charge in [-0.25, -0.2) is 4.79 Å². The number of ether oxygens (including phenoxy) is 2. The molecule has 1 aromatic rings. The minimum atomic E-state index is -0.343. The summed E-state index contributed by atoms with van der Waals surface area (Å²) in [6.45, 7) is 3.64. The molecule has 1 fully saturated rings. The van der Waals surface area contributed by atoms with Gasteiger partial charge in [-0.15, -0.1) is 0 Å². The van der Waals surface area contributed by atoms with Crippen molar-refractivity contribution in [2.75, 3.05) is 30.9 Å². The van der Waals surface area contributed by atoms with E-state index in [-0.39, 0.29) is 5.97 Å². The molecule has 104 valence electrons. The zero-order chi connectivity index (χ0) is 13.7. The highest BCUT2D eigenvalue weighted by Crippen LogP contribution is 2.23. The van der Waals surface area contributed by atoms with Crippen LogP contribution in [0, 0.1) is 0 Å². The van der Waals surface area contributed by atoms with Gasteiger partial charge in [-0.2, -0.15) is 0 Å². The minimum absolute atomic E-state index is 0.325. The molecule has 0 spiro atoms. The lowest BCUT2D eigenvalue weighted by Gasteiger charge is -2.25. The fraction of sp³-hybridized carbons (Fsp3) is 0.500. The Hall–Kier alpha value is -1.75. The van der Waals surface area contributed by atoms with Crippen LogP contribution in [0.3, 0.4) is 0 Å². The monoisotopic (exact) mass is 264 g/mol. The van der Waals surface area contributed by atoms with Crippen LogP contribution in [0.5, 0.6) is 0 Å². The molecule has 1 aliphatic heterocycles. The van der Waals surface area contributed by atoms with Crippen molar-refractivity contribution in [1.82, 2.24) is 0 Å². The summed E-state index contributed by atoms with van der Waals surface area (Å²) in [5.41, 5.74) is 7.57. The number of carbonyl (C=O) groups is 1. The van der Waals surface area contributed by atoms with Crippen molar-refractivity contribution in [3.05, 3.63) is 23.8 Å². The Morgan fingerprint density at radius 3 is 2.89 bits per heavy atom. The van der Waals surface area contributed by atoms with E-state index >= 15 is 0 Å². The van der Waals surface area contributed by atoms with Crippen LogP contribution in [-0.2, 0) is 9.47 Å². The Kier molecular flexibility index (Phi) is 4.63. The average molecular weight is 264 g/mol. The molecule has 0 bridgehead atoms. The summed E-state index contributed by atoms with van der Waals surface area (Å²) in [5.74, 6) is -0.343. The molecule has 19 heavy (non-hydrogen) atoms. The molecular formula is C14H20N2O3. The molecule has 5 nitrogen and oxygen atoms in total. The zero-order valence-corrected chi connectivity index (χ0v) is 11.1. The topological polar surface area (TPSA) is 73.6 Å². The summed E-state index contributed by atoms with van der Waals surface area (Å²) in [6, 6.07) is 5.59. The Bertz CT molecular complexity index is 442. The van der Waals surface area contributed by atoms with Gasteiger partial charge < -0.3 is 20.5 Å². The lowest BCUT2D eigenvalue weighted by molar-refractivity contribution is 0.0527. The van der Waals surface area contributed by atoms with Crippen molar-refractivity contribution in [3.8, 4) is 0 Å². The molecule has 0 aromatic heterocycles. The van der Waals surface area contributed by atoms with Crippen LogP contribution in [0.2, 0.25) is 0 Å². The number of benzene rings is 1. The van der Waals surface area contributed by atoms with Crippen LogP contribution in [0.15, 0.2) is 18.2 Å². The van der Waals surface area contributed by atoms with Crippen molar-refractivity contribution in [3.63, 3.8) is 0 Å². The van der Waals surface area contributed by atoms with Crippen LogP contribution >= 0.6 is 0 Å². The number of nitrogens with one attached hydrogen (secondary N) is 1. The lowest BCUT2D eigenvalue weighted by atomic mass is 10.1. The Morgan fingerprint density at radius 2 is 2.21 bits per heavy atom. The van der Waals surface area contributed by atoms with Gasteiger partial charge >= 0.3 is 5.97 Å². The largest absolute Gasteiger partial charge is 0.462 e. The van der Waals surface area contributed by atoms with Crippen molar-refractivity contribution >= 4 is 17.3 Å². The summed E-state index contributed by atoms with van der Waals surface area (Å²) in [7, 11) is 0. The number of nitrogen functional groups attached to an aromatic ring is 1. The van der Waals surface area contributed by atoms with E-state index in [4.69, 9.17) is 15.2 Å². The Labute approximate surface area is 113 Å². The van der Waals surface area contributed by atoms with Gasteiger partial charge in [-0.1, -0.05) is 0 Å². The van der Waals surface area contributed by atoms with E-state index in [1.54, 1.807) is 19.1 Å². The summed E-state index contributed by atoms with van der Waals surface area (Å²) in [4.78, 5) is 11.9. The van der Waals surface area contributed by atoms with E-state index in [0.717, 1.165) is 31.7 Å². The summed E-state index contributed by atoms with van der Waals surface area (Å²) < 4.78 is 10.4. The van der Waals surface area contributed by atoms with Gasteiger partial charge in [0.2, 0.25) is 0 Å². The van der Waals surface area contributed by atoms with E-state index in [1.807, 2.05) is 6.07 Å². The van der Waals surface area contributed by atoms with Crippen LogP contribution in [0.4, 0.5) is 11.4 Å². The molecule has 0 saturated carbocycles. The van der Waals surface area contributed by atoms with Gasteiger partial charge in [-0.05, 0) is 38.0 Å². The highest BCUT2D eigenvalue weighted by Gasteiger charge is 2.18. The van der Waals surface area contributed by atoms with Gasteiger partial charge in [0, 0.05) is 30.6 Å². The number of hydrogen-bond donors (Lipinski definition) is 2. The quantitative estimate of drug-likeness (QED) is 0.643. The SMILES string of the molecule is CCOC(=O)c1cc(N)ccc1NC1CCOCC1. The fourth-order valence-corrected chi connectivity index (χ4v) is 2.13. The third kappa shape index (κ3) is 3.61. The van der Waals surface area contributed by atoms with E-state index in [9.17, 15) is 4.79 Å². The molecule has 1 saturated heterocycles. The first-order chi connectivity index (χ1) is 9.20. The molecule has 5 heteroatoms. The summed E-state index contributed by atoms with van der Waals surface area (Å²) in [6.07, 6.45) is 1.87. The minimum Gasteiger partial charge on any atom is -0.462 e. The number of anilines is 2. The first-order valence-electron chi connectivity index (χ1n) is 6.61. The van der Waals surface area contributed by atoms with Gasteiger partial charge in [0.05, 0.1) is 12.2 Å². The highest BCUT2D eigenvalue weighted by atomic mass is 16.5. The predicted molar refractivity (Wildman–Crippen MR) is 74.3 cm³/mol. The van der Waals surface area contributed by atoms with Crippen LogP contribution in [0.1, 0.15) is 30.1 Å². The first kappa shape index (κ1) is 13.7. The average Bonchev–Trinajstić information content (AvgIpc) is 2.42. The molecule has 0 unspecified atom stereocenters. The maximum atomic E-state index is 11.9. The third-order valence-electron chi connectivity index (χ3n) is 3.12. The van der Waals surface area contributed by atoms with E-state index in [1.165, 1.54) is 0 Å².